The van der Waals surface area contributed by atoms with E-state index in [1.807, 2.05) is 13.0 Å². The van der Waals surface area contributed by atoms with Crippen LogP contribution in [-0.2, 0) is 4.79 Å². The van der Waals surface area contributed by atoms with E-state index in [9.17, 15) is 9.59 Å². The molecule has 1 atom stereocenters. The van der Waals surface area contributed by atoms with Crippen molar-refractivity contribution in [2.45, 2.75) is 20.0 Å². The summed E-state index contributed by atoms with van der Waals surface area (Å²) in [5.41, 5.74) is 2.30. The predicted molar refractivity (Wildman–Crippen MR) is 111 cm³/mol. The summed E-state index contributed by atoms with van der Waals surface area (Å²) in [6.45, 7) is 3.52. The highest BCUT2D eigenvalue weighted by Crippen LogP contribution is 2.23. The third-order valence-electron chi connectivity index (χ3n) is 4.28. The average Bonchev–Trinajstić information content (AvgIpc) is 2.71. The van der Waals surface area contributed by atoms with E-state index in [2.05, 4.69) is 5.32 Å². The molecule has 0 spiro atoms. The second-order valence-corrected chi connectivity index (χ2v) is 6.81. The summed E-state index contributed by atoms with van der Waals surface area (Å²) in [5, 5.41) is 3.43. The molecule has 1 amide bonds. The van der Waals surface area contributed by atoms with E-state index in [4.69, 9.17) is 16.3 Å². The molecule has 3 aromatic rings. The maximum Gasteiger partial charge on any atom is 0.265 e. The van der Waals surface area contributed by atoms with Crippen LogP contribution in [0.15, 0.2) is 72.8 Å². The van der Waals surface area contributed by atoms with Crippen molar-refractivity contribution in [3.8, 4) is 5.75 Å². The van der Waals surface area contributed by atoms with Crippen molar-refractivity contribution in [3.63, 3.8) is 0 Å². The summed E-state index contributed by atoms with van der Waals surface area (Å²) < 4.78 is 5.71. The highest BCUT2D eigenvalue weighted by atomic mass is 35.5. The summed E-state index contributed by atoms with van der Waals surface area (Å²) >= 11 is 6.02. The van der Waals surface area contributed by atoms with Crippen molar-refractivity contribution in [1.29, 1.82) is 0 Å². The third kappa shape index (κ3) is 4.59. The van der Waals surface area contributed by atoms with Gasteiger partial charge in [0.05, 0.1) is 5.69 Å². The minimum atomic E-state index is -0.750. The molecule has 0 fully saturated rings. The Hall–Kier alpha value is -3.11. The van der Waals surface area contributed by atoms with Gasteiger partial charge in [0.1, 0.15) is 5.75 Å². The van der Waals surface area contributed by atoms with Gasteiger partial charge in [-0.25, -0.2) is 0 Å². The van der Waals surface area contributed by atoms with Gasteiger partial charge in [0.2, 0.25) is 0 Å². The zero-order valence-electron chi connectivity index (χ0n) is 15.6. The van der Waals surface area contributed by atoms with E-state index >= 15 is 0 Å². The van der Waals surface area contributed by atoms with Gasteiger partial charge < -0.3 is 10.1 Å². The molecule has 4 nitrogen and oxygen atoms in total. The van der Waals surface area contributed by atoms with Gasteiger partial charge in [-0.05, 0) is 49.7 Å². The number of hydrogen-bond acceptors (Lipinski definition) is 3. The Balaban J connectivity index is 1.75. The number of nitrogens with one attached hydrogen (secondary N) is 1. The average molecular weight is 394 g/mol. The van der Waals surface area contributed by atoms with E-state index in [-0.39, 0.29) is 11.7 Å². The molecule has 28 heavy (non-hydrogen) atoms. The van der Waals surface area contributed by atoms with Gasteiger partial charge in [0.15, 0.2) is 11.9 Å². The van der Waals surface area contributed by atoms with Crippen molar-refractivity contribution in [2.24, 2.45) is 0 Å². The van der Waals surface area contributed by atoms with E-state index in [1.54, 1.807) is 73.7 Å². The lowest BCUT2D eigenvalue weighted by Gasteiger charge is -2.17. The lowest BCUT2D eigenvalue weighted by Crippen LogP contribution is -2.30. The van der Waals surface area contributed by atoms with Gasteiger partial charge in [-0.2, -0.15) is 0 Å². The number of carbonyl (C=O) groups is 2. The van der Waals surface area contributed by atoms with E-state index in [1.165, 1.54) is 0 Å². The highest BCUT2D eigenvalue weighted by Gasteiger charge is 2.19. The summed E-state index contributed by atoms with van der Waals surface area (Å²) in [5.74, 6) is 0.0532. The largest absolute Gasteiger partial charge is 0.481 e. The smallest absolute Gasteiger partial charge is 0.265 e. The molecule has 0 saturated carbocycles. The van der Waals surface area contributed by atoms with Crippen molar-refractivity contribution < 1.29 is 14.3 Å². The molecular weight excluding hydrogens is 374 g/mol. The molecule has 0 unspecified atom stereocenters. The third-order valence-corrected chi connectivity index (χ3v) is 4.70. The first-order valence-electron chi connectivity index (χ1n) is 8.88. The molecule has 0 aromatic heterocycles. The van der Waals surface area contributed by atoms with Crippen LogP contribution in [0.5, 0.6) is 5.75 Å². The number of amides is 1. The molecule has 0 heterocycles. The van der Waals surface area contributed by atoms with E-state index < -0.39 is 6.10 Å². The number of halogens is 1. The van der Waals surface area contributed by atoms with Crippen LogP contribution in [0.3, 0.4) is 0 Å². The molecule has 0 bridgehead atoms. The molecule has 0 aliphatic heterocycles. The standard InChI is InChI=1S/C23H20ClNO3/c1-15-14-18(12-13-20(15)24)28-16(2)23(27)25-21-11-7-6-10-19(21)22(26)17-8-4-3-5-9-17/h3-14,16H,1-2H3,(H,25,27)/t16-/m1/s1. The Bertz CT molecular complexity index is 1000. The number of ketones is 1. The molecule has 3 aromatic carbocycles. The first kappa shape index (κ1) is 19.6. The fraction of sp³-hybridized carbons (Fsp3) is 0.130. The number of rotatable bonds is 6. The molecule has 142 valence electrons. The zero-order valence-corrected chi connectivity index (χ0v) is 16.4. The van der Waals surface area contributed by atoms with Gasteiger partial charge in [-0.1, -0.05) is 54.1 Å². The Morgan fingerprint density at radius 2 is 1.64 bits per heavy atom. The molecule has 1 N–H and O–H groups in total. The molecule has 0 radical (unpaired) electrons. The lowest BCUT2D eigenvalue weighted by atomic mass is 10.0. The lowest BCUT2D eigenvalue weighted by molar-refractivity contribution is -0.122. The van der Waals surface area contributed by atoms with Crippen LogP contribution < -0.4 is 10.1 Å². The van der Waals surface area contributed by atoms with Crippen LogP contribution in [-0.4, -0.2) is 17.8 Å². The number of anilines is 1. The second kappa shape index (κ2) is 8.72. The normalized spacial score (nSPS) is 11.5. The van der Waals surface area contributed by atoms with E-state index in [0.717, 1.165) is 5.56 Å². The maximum atomic E-state index is 12.8. The molecule has 0 saturated heterocycles. The summed E-state index contributed by atoms with van der Waals surface area (Å²) in [6, 6.07) is 21.1. The number of para-hydroxylation sites is 1. The van der Waals surface area contributed by atoms with Crippen LogP contribution in [0.25, 0.3) is 0 Å². The van der Waals surface area contributed by atoms with Crippen molar-refractivity contribution in [2.75, 3.05) is 5.32 Å². The number of aryl methyl sites for hydroxylation is 1. The highest BCUT2D eigenvalue weighted by molar-refractivity contribution is 6.31. The molecule has 0 aliphatic carbocycles. The molecular formula is C23H20ClNO3. The van der Waals surface area contributed by atoms with Crippen molar-refractivity contribution >= 4 is 29.0 Å². The summed E-state index contributed by atoms with van der Waals surface area (Å²) in [4.78, 5) is 25.4. The van der Waals surface area contributed by atoms with Gasteiger partial charge in [0.25, 0.3) is 5.91 Å². The van der Waals surface area contributed by atoms with Crippen LogP contribution >= 0.6 is 11.6 Å². The van der Waals surface area contributed by atoms with Crippen molar-refractivity contribution in [1.82, 2.24) is 0 Å². The van der Waals surface area contributed by atoms with Crippen LogP contribution in [0, 0.1) is 6.92 Å². The predicted octanol–water partition coefficient (Wildman–Crippen LogP) is 5.29. The number of ether oxygens (including phenoxy) is 1. The van der Waals surface area contributed by atoms with Crippen LogP contribution in [0.4, 0.5) is 5.69 Å². The number of benzene rings is 3. The van der Waals surface area contributed by atoms with Gasteiger partial charge >= 0.3 is 0 Å². The van der Waals surface area contributed by atoms with Crippen LogP contribution in [0.2, 0.25) is 5.02 Å². The second-order valence-electron chi connectivity index (χ2n) is 6.40. The minimum Gasteiger partial charge on any atom is -0.481 e. The Kier molecular flexibility index (Phi) is 6.12. The van der Waals surface area contributed by atoms with Gasteiger partial charge in [-0.15, -0.1) is 0 Å². The number of hydrogen-bond donors (Lipinski definition) is 1. The van der Waals surface area contributed by atoms with Gasteiger partial charge in [-0.3, -0.25) is 9.59 Å². The minimum absolute atomic E-state index is 0.154. The first-order valence-corrected chi connectivity index (χ1v) is 9.26. The van der Waals surface area contributed by atoms with E-state index in [0.29, 0.717) is 27.6 Å². The first-order chi connectivity index (χ1) is 13.5. The molecule has 0 aliphatic rings. The molecule has 3 rings (SSSR count). The molecule has 5 heteroatoms. The van der Waals surface area contributed by atoms with Crippen LogP contribution in [0.1, 0.15) is 28.4 Å². The summed E-state index contributed by atoms with van der Waals surface area (Å²) in [6.07, 6.45) is -0.750. The fourth-order valence-electron chi connectivity index (χ4n) is 2.72. The van der Waals surface area contributed by atoms with Gasteiger partial charge in [0, 0.05) is 16.1 Å². The monoisotopic (exact) mass is 393 g/mol. The van der Waals surface area contributed by atoms with Crippen molar-refractivity contribution in [3.05, 3.63) is 94.5 Å². The zero-order chi connectivity index (χ0) is 20.1. The SMILES string of the molecule is Cc1cc(O[C@H](C)C(=O)Nc2ccccc2C(=O)c2ccccc2)ccc1Cl. The fourth-order valence-corrected chi connectivity index (χ4v) is 2.84. The maximum absolute atomic E-state index is 12.8. The quantitative estimate of drug-likeness (QED) is 0.579. The summed E-state index contributed by atoms with van der Waals surface area (Å²) in [7, 11) is 0. The Morgan fingerprint density at radius 1 is 0.964 bits per heavy atom. The Morgan fingerprint density at radius 3 is 2.36 bits per heavy atom. The Labute approximate surface area is 169 Å². The topological polar surface area (TPSA) is 55.4 Å². The number of carbonyl (C=O) groups excluding carboxylic acids is 2.